The van der Waals surface area contributed by atoms with Gasteiger partial charge in [-0.1, -0.05) is 36.4 Å². The summed E-state index contributed by atoms with van der Waals surface area (Å²) < 4.78 is 21.2. The van der Waals surface area contributed by atoms with Crippen LogP contribution in [-0.2, 0) is 9.53 Å². The monoisotopic (exact) mass is 456 g/mol. The second-order valence-electron chi connectivity index (χ2n) is 7.30. The lowest BCUT2D eigenvalue weighted by molar-refractivity contribution is -0.142. The van der Waals surface area contributed by atoms with Crippen LogP contribution in [0.1, 0.15) is 30.6 Å². The molecule has 0 aliphatic heterocycles. The first-order chi connectivity index (χ1) is 16.0. The molecule has 0 unspecified atom stereocenters. The van der Waals surface area contributed by atoms with E-state index in [1.54, 1.807) is 39.3 Å². The number of methoxy groups -OCH3 is 3. The van der Waals surface area contributed by atoms with Crippen molar-refractivity contribution in [1.82, 2.24) is 0 Å². The third kappa shape index (κ3) is 7.37. The van der Waals surface area contributed by atoms with Crippen LogP contribution in [0, 0.1) is 5.92 Å². The topological polar surface area (TPSA) is 94.5 Å². The summed E-state index contributed by atoms with van der Waals surface area (Å²) in [6.07, 6.45) is 4.87. The van der Waals surface area contributed by atoms with Crippen molar-refractivity contribution in [2.45, 2.75) is 19.4 Å². The highest BCUT2D eigenvalue weighted by Gasteiger charge is 2.24. The van der Waals surface area contributed by atoms with E-state index in [2.05, 4.69) is 0 Å². The molecule has 2 atom stereocenters. The number of carbonyl (C=O) groups is 1. The van der Waals surface area contributed by atoms with E-state index >= 15 is 0 Å². The zero-order valence-electron chi connectivity index (χ0n) is 19.5. The summed E-state index contributed by atoms with van der Waals surface area (Å²) in [7, 11) is 4.68. The third-order valence-electron chi connectivity index (χ3n) is 5.27. The van der Waals surface area contributed by atoms with Gasteiger partial charge in [-0.2, -0.15) is 0 Å². The molecule has 7 heteroatoms. The maximum atomic E-state index is 12.2. The molecule has 2 aromatic rings. The van der Waals surface area contributed by atoms with Crippen molar-refractivity contribution in [3.05, 3.63) is 71.3 Å². The Labute approximate surface area is 194 Å². The lowest BCUT2D eigenvalue weighted by Crippen LogP contribution is -2.22. The number of hydrogen-bond acceptors (Lipinski definition) is 7. The number of benzene rings is 2. The number of hydrogen-bond donors (Lipinski definition) is 2. The zero-order valence-corrected chi connectivity index (χ0v) is 19.5. The summed E-state index contributed by atoms with van der Waals surface area (Å²) in [5.74, 6) is 0.776. The summed E-state index contributed by atoms with van der Waals surface area (Å²) >= 11 is 0. The molecule has 0 amide bonds. The maximum absolute atomic E-state index is 12.2. The molecule has 33 heavy (non-hydrogen) atoms. The summed E-state index contributed by atoms with van der Waals surface area (Å²) in [6.45, 7) is 1.22. The highest BCUT2D eigenvalue weighted by atomic mass is 16.5. The Hall–Kier alpha value is -3.29. The third-order valence-corrected chi connectivity index (χ3v) is 5.27. The molecular formula is C26H32O7. The average Bonchev–Trinajstić information content (AvgIpc) is 2.86. The van der Waals surface area contributed by atoms with E-state index < -0.39 is 24.6 Å². The molecule has 0 saturated carbocycles. The number of aliphatic hydroxyl groups excluding tert-OH is 2. The second-order valence-corrected chi connectivity index (χ2v) is 7.30. The molecule has 0 aliphatic rings. The van der Waals surface area contributed by atoms with Crippen LogP contribution in [0.5, 0.6) is 17.2 Å². The summed E-state index contributed by atoms with van der Waals surface area (Å²) in [5, 5.41) is 20.4. The lowest BCUT2D eigenvalue weighted by atomic mass is 9.92. The predicted molar refractivity (Wildman–Crippen MR) is 126 cm³/mol. The highest BCUT2D eigenvalue weighted by molar-refractivity contribution is 5.88. The van der Waals surface area contributed by atoms with Gasteiger partial charge in [0.15, 0.2) is 11.5 Å². The first kappa shape index (κ1) is 26.0. The Morgan fingerprint density at radius 1 is 1.00 bits per heavy atom. The second kappa shape index (κ2) is 13.3. The zero-order chi connectivity index (χ0) is 24.2. The lowest BCUT2D eigenvalue weighted by Gasteiger charge is -2.23. The molecule has 2 aromatic carbocycles. The van der Waals surface area contributed by atoms with E-state index in [1.165, 1.54) is 13.2 Å². The van der Waals surface area contributed by atoms with Crippen molar-refractivity contribution in [3.8, 4) is 17.2 Å². The molecule has 0 spiro atoms. The first-order valence-electron chi connectivity index (χ1n) is 10.6. The van der Waals surface area contributed by atoms with E-state index in [-0.39, 0.29) is 12.2 Å². The number of carbonyl (C=O) groups excluding carboxylic acids is 1. The van der Waals surface area contributed by atoms with Gasteiger partial charge in [-0.05, 0) is 48.7 Å². The predicted octanol–water partition coefficient (Wildman–Crippen LogP) is 3.95. The summed E-state index contributed by atoms with van der Waals surface area (Å²) in [6, 6.07) is 12.8. The number of rotatable bonds is 12. The maximum Gasteiger partial charge on any atom is 0.336 e. The summed E-state index contributed by atoms with van der Waals surface area (Å²) in [5.41, 5.74) is 1.76. The van der Waals surface area contributed by atoms with Crippen molar-refractivity contribution < 1.29 is 34.0 Å². The minimum absolute atomic E-state index is 0.0291. The number of aliphatic hydroxyl groups is 2. The van der Waals surface area contributed by atoms with Crippen LogP contribution in [0.3, 0.4) is 0 Å². The quantitative estimate of drug-likeness (QED) is 0.369. The molecule has 0 bridgehead atoms. The van der Waals surface area contributed by atoms with Crippen LogP contribution in [0.15, 0.2) is 60.2 Å². The van der Waals surface area contributed by atoms with Gasteiger partial charge in [-0.3, -0.25) is 0 Å². The van der Waals surface area contributed by atoms with Gasteiger partial charge in [-0.15, -0.1) is 0 Å². The van der Waals surface area contributed by atoms with Crippen LogP contribution in [0.25, 0.3) is 6.08 Å². The van der Waals surface area contributed by atoms with Gasteiger partial charge >= 0.3 is 5.97 Å². The van der Waals surface area contributed by atoms with Gasteiger partial charge < -0.3 is 29.2 Å². The van der Waals surface area contributed by atoms with E-state index in [1.807, 2.05) is 36.4 Å². The smallest absolute Gasteiger partial charge is 0.336 e. The van der Waals surface area contributed by atoms with Crippen molar-refractivity contribution in [3.63, 3.8) is 0 Å². The molecule has 0 saturated heterocycles. The average molecular weight is 457 g/mol. The van der Waals surface area contributed by atoms with Crippen molar-refractivity contribution in [1.29, 1.82) is 0 Å². The summed E-state index contributed by atoms with van der Waals surface area (Å²) in [4.78, 5) is 12.2. The Morgan fingerprint density at radius 2 is 1.70 bits per heavy atom. The minimum Gasteiger partial charge on any atom is -0.497 e. The van der Waals surface area contributed by atoms with Gasteiger partial charge in [-0.25, -0.2) is 4.79 Å². The fraction of sp³-hybridized carbons (Fsp3) is 0.346. The Balaban J connectivity index is 2.21. The standard InChI is InChI=1S/C26H32O7/c1-5-19(16-27)26(29)33-17-21(8-6-7-18-9-12-22(30-2)13-10-18)25(28)20-11-14-23(31-3)24(15-20)32-4/h5-7,9-15,21,25,27-28H,8,16-17H2,1-4H3/b7-6+,19-5-/t21-,25+/m0/s1. The van der Waals surface area contributed by atoms with Crippen molar-refractivity contribution in [2.75, 3.05) is 34.5 Å². The normalized spacial score (nSPS) is 13.5. The Kier molecular flexibility index (Phi) is 10.5. The minimum atomic E-state index is -0.929. The van der Waals surface area contributed by atoms with E-state index in [9.17, 15) is 15.0 Å². The van der Waals surface area contributed by atoms with Crippen molar-refractivity contribution >= 4 is 12.0 Å². The van der Waals surface area contributed by atoms with Gasteiger partial charge in [0.25, 0.3) is 0 Å². The first-order valence-corrected chi connectivity index (χ1v) is 10.6. The van der Waals surface area contributed by atoms with Crippen LogP contribution < -0.4 is 14.2 Å². The van der Waals surface area contributed by atoms with Gasteiger partial charge in [0.1, 0.15) is 5.75 Å². The molecule has 2 rings (SSSR count). The molecule has 0 heterocycles. The van der Waals surface area contributed by atoms with Crippen LogP contribution >= 0.6 is 0 Å². The van der Waals surface area contributed by atoms with Crippen LogP contribution in [0.4, 0.5) is 0 Å². The van der Waals surface area contributed by atoms with Crippen molar-refractivity contribution in [2.24, 2.45) is 5.92 Å². The molecule has 0 radical (unpaired) electrons. The number of ether oxygens (including phenoxy) is 4. The number of allylic oxidation sites excluding steroid dienone is 2. The van der Waals surface area contributed by atoms with E-state index in [0.717, 1.165) is 11.3 Å². The van der Waals surface area contributed by atoms with E-state index in [4.69, 9.17) is 18.9 Å². The molecule has 178 valence electrons. The highest BCUT2D eigenvalue weighted by Crippen LogP contribution is 2.33. The van der Waals surface area contributed by atoms with Gasteiger partial charge in [0.2, 0.25) is 0 Å². The molecule has 0 aromatic heterocycles. The Bertz CT molecular complexity index is 948. The Morgan fingerprint density at radius 3 is 2.27 bits per heavy atom. The van der Waals surface area contributed by atoms with Crippen LogP contribution in [0.2, 0.25) is 0 Å². The molecule has 0 aliphatic carbocycles. The fourth-order valence-corrected chi connectivity index (χ4v) is 3.24. The fourth-order valence-electron chi connectivity index (χ4n) is 3.24. The van der Waals surface area contributed by atoms with Gasteiger partial charge in [0.05, 0.1) is 46.2 Å². The molecule has 2 N–H and O–H groups in total. The number of esters is 1. The van der Waals surface area contributed by atoms with Gasteiger partial charge in [0, 0.05) is 5.92 Å². The SMILES string of the molecule is C/C=C(/CO)C(=O)OC[C@H](C/C=C/c1ccc(OC)cc1)[C@H](O)c1ccc(OC)c(OC)c1. The molecular weight excluding hydrogens is 424 g/mol. The largest absolute Gasteiger partial charge is 0.497 e. The molecule has 7 nitrogen and oxygen atoms in total. The van der Waals surface area contributed by atoms with E-state index in [0.29, 0.717) is 23.5 Å². The molecule has 0 fully saturated rings. The van der Waals surface area contributed by atoms with Crippen LogP contribution in [-0.4, -0.2) is 50.7 Å².